The Morgan fingerprint density at radius 1 is 0.938 bits per heavy atom. The van der Waals surface area contributed by atoms with E-state index < -0.39 is 0 Å². The van der Waals surface area contributed by atoms with Gasteiger partial charge in [-0.25, -0.2) is 0 Å². The molecule has 3 aliphatic heterocycles. The SMILES string of the molecule is O=C1[C@@H]2C[C@@H](CN2Cc2ccc3c(c2)OCO3)Oc2ccccc2N1Cc1ccccn1. The van der Waals surface area contributed by atoms with E-state index in [2.05, 4.69) is 9.88 Å². The van der Waals surface area contributed by atoms with E-state index >= 15 is 0 Å². The van der Waals surface area contributed by atoms with Crippen LogP contribution in [0.15, 0.2) is 66.9 Å². The molecule has 32 heavy (non-hydrogen) atoms. The van der Waals surface area contributed by atoms with E-state index in [0.29, 0.717) is 26.1 Å². The Balaban J connectivity index is 1.32. The molecule has 7 heteroatoms. The Morgan fingerprint density at radius 2 is 1.81 bits per heavy atom. The summed E-state index contributed by atoms with van der Waals surface area (Å²) in [5.41, 5.74) is 2.72. The molecule has 2 atom stereocenters. The predicted molar refractivity (Wildman–Crippen MR) is 118 cm³/mol. The molecule has 1 fully saturated rings. The maximum Gasteiger partial charge on any atom is 0.244 e. The predicted octanol–water partition coefficient (Wildman–Crippen LogP) is 3.38. The van der Waals surface area contributed by atoms with Gasteiger partial charge in [-0.15, -0.1) is 0 Å². The van der Waals surface area contributed by atoms with Crippen LogP contribution in [0.2, 0.25) is 0 Å². The smallest absolute Gasteiger partial charge is 0.244 e. The number of likely N-dealkylation sites (tertiary alicyclic amines) is 1. The lowest BCUT2D eigenvalue weighted by atomic mass is 10.1. The molecule has 0 radical (unpaired) electrons. The van der Waals surface area contributed by atoms with Crippen LogP contribution in [0.25, 0.3) is 0 Å². The molecule has 7 nitrogen and oxygen atoms in total. The maximum absolute atomic E-state index is 13.9. The number of carbonyl (C=O) groups is 1. The molecule has 6 rings (SSSR count). The van der Waals surface area contributed by atoms with Gasteiger partial charge in [-0.1, -0.05) is 24.3 Å². The molecular weight excluding hydrogens is 406 g/mol. The van der Waals surface area contributed by atoms with Crippen molar-refractivity contribution in [1.82, 2.24) is 9.88 Å². The highest BCUT2D eigenvalue weighted by atomic mass is 16.7. The number of amides is 1. The first-order valence-corrected chi connectivity index (χ1v) is 10.8. The first kappa shape index (κ1) is 19.1. The van der Waals surface area contributed by atoms with Gasteiger partial charge >= 0.3 is 0 Å². The molecule has 1 aromatic heterocycles. The summed E-state index contributed by atoms with van der Waals surface area (Å²) in [6.07, 6.45) is 2.39. The largest absolute Gasteiger partial charge is 0.487 e. The molecule has 0 aliphatic carbocycles. The molecule has 1 saturated heterocycles. The summed E-state index contributed by atoms with van der Waals surface area (Å²) in [6, 6.07) is 19.2. The minimum Gasteiger partial charge on any atom is -0.487 e. The number of fused-ring (bicyclic) bond motifs is 4. The third-order valence-corrected chi connectivity index (χ3v) is 6.23. The molecule has 2 bridgehead atoms. The van der Waals surface area contributed by atoms with Crippen molar-refractivity contribution < 1.29 is 19.0 Å². The van der Waals surface area contributed by atoms with Crippen molar-refractivity contribution in [2.75, 3.05) is 18.2 Å². The van der Waals surface area contributed by atoms with Crippen molar-refractivity contribution in [3.8, 4) is 17.2 Å². The number of hydrogen-bond donors (Lipinski definition) is 0. The molecule has 1 amide bonds. The quantitative estimate of drug-likeness (QED) is 0.634. The van der Waals surface area contributed by atoms with Gasteiger partial charge in [0, 0.05) is 25.7 Å². The topological polar surface area (TPSA) is 64.1 Å². The van der Waals surface area contributed by atoms with E-state index in [0.717, 1.165) is 34.2 Å². The number of carbonyl (C=O) groups excluding carboxylic acids is 1. The second-order valence-corrected chi connectivity index (χ2v) is 8.32. The standard InChI is InChI=1S/C25H23N3O4/c29-25-21-12-19(15-27(21)13-17-8-9-23-24(11-17)31-16-30-23)32-22-7-2-1-6-20(22)28(25)14-18-5-3-4-10-26-18/h1-11,19,21H,12-16H2/t19-,21-/m0/s1. The summed E-state index contributed by atoms with van der Waals surface area (Å²) < 4.78 is 17.3. The molecule has 3 aromatic rings. The Bertz CT molecular complexity index is 1150. The van der Waals surface area contributed by atoms with Gasteiger partial charge in [0.1, 0.15) is 11.9 Å². The highest BCUT2D eigenvalue weighted by Gasteiger charge is 2.43. The Labute approximate surface area is 186 Å². The summed E-state index contributed by atoms with van der Waals surface area (Å²) >= 11 is 0. The van der Waals surface area contributed by atoms with Gasteiger partial charge in [0.25, 0.3) is 0 Å². The van der Waals surface area contributed by atoms with Crippen molar-refractivity contribution in [3.63, 3.8) is 0 Å². The molecule has 0 saturated carbocycles. The highest BCUT2D eigenvalue weighted by Crippen LogP contribution is 2.38. The minimum absolute atomic E-state index is 0.0314. The monoisotopic (exact) mass is 429 g/mol. The van der Waals surface area contributed by atoms with Crippen LogP contribution < -0.4 is 19.1 Å². The van der Waals surface area contributed by atoms with Gasteiger partial charge in [0.05, 0.1) is 24.0 Å². The fourth-order valence-corrected chi connectivity index (χ4v) is 4.73. The zero-order valence-electron chi connectivity index (χ0n) is 17.5. The molecule has 162 valence electrons. The van der Waals surface area contributed by atoms with Gasteiger partial charge in [0.15, 0.2) is 11.5 Å². The molecule has 0 unspecified atom stereocenters. The molecule has 0 spiro atoms. The molecule has 2 aromatic carbocycles. The fraction of sp³-hybridized carbons (Fsp3) is 0.280. The fourth-order valence-electron chi connectivity index (χ4n) is 4.73. The molecular formula is C25H23N3O4. The van der Waals surface area contributed by atoms with Crippen LogP contribution in [0.5, 0.6) is 17.2 Å². The van der Waals surface area contributed by atoms with Crippen LogP contribution in [0.3, 0.4) is 0 Å². The van der Waals surface area contributed by atoms with Crippen molar-refractivity contribution in [2.45, 2.75) is 31.7 Å². The van der Waals surface area contributed by atoms with Gasteiger partial charge in [-0.05, 0) is 42.0 Å². The van der Waals surface area contributed by atoms with Gasteiger partial charge in [-0.3, -0.25) is 14.7 Å². The Kier molecular flexibility index (Phi) is 4.69. The van der Waals surface area contributed by atoms with Gasteiger partial charge in [-0.2, -0.15) is 0 Å². The second-order valence-electron chi connectivity index (χ2n) is 8.32. The van der Waals surface area contributed by atoms with Crippen LogP contribution in [0, 0.1) is 0 Å². The summed E-state index contributed by atoms with van der Waals surface area (Å²) in [5, 5.41) is 0. The first-order chi connectivity index (χ1) is 15.7. The summed E-state index contributed by atoms with van der Waals surface area (Å²) in [5.74, 6) is 2.34. The molecule has 0 N–H and O–H groups in total. The number of anilines is 1. The minimum atomic E-state index is -0.262. The van der Waals surface area contributed by atoms with Crippen molar-refractivity contribution in [2.24, 2.45) is 0 Å². The van der Waals surface area contributed by atoms with E-state index in [1.54, 1.807) is 6.20 Å². The number of nitrogens with zero attached hydrogens (tertiary/aromatic N) is 3. The third kappa shape index (κ3) is 3.44. The van der Waals surface area contributed by atoms with E-state index in [9.17, 15) is 4.79 Å². The van der Waals surface area contributed by atoms with E-state index in [1.165, 1.54) is 0 Å². The number of aromatic nitrogens is 1. The van der Waals surface area contributed by atoms with E-state index in [4.69, 9.17) is 14.2 Å². The summed E-state index contributed by atoms with van der Waals surface area (Å²) in [7, 11) is 0. The number of hydrogen-bond acceptors (Lipinski definition) is 6. The highest BCUT2D eigenvalue weighted by molar-refractivity contribution is 5.99. The van der Waals surface area contributed by atoms with Crippen LogP contribution in [-0.2, 0) is 17.9 Å². The average molecular weight is 429 g/mol. The zero-order chi connectivity index (χ0) is 21.5. The zero-order valence-corrected chi connectivity index (χ0v) is 17.5. The lowest BCUT2D eigenvalue weighted by molar-refractivity contribution is -0.123. The van der Waals surface area contributed by atoms with Gasteiger partial charge in [0.2, 0.25) is 12.7 Å². The number of benzene rings is 2. The Hall–Kier alpha value is -3.58. The number of para-hydroxylation sites is 2. The Morgan fingerprint density at radius 3 is 2.72 bits per heavy atom. The normalized spacial score (nSPS) is 21.6. The van der Waals surface area contributed by atoms with E-state index in [1.807, 2.05) is 65.6 Å². The second kappa shape index (κ2) is 7.84. The van der Waals surface area contributed by atoms with Crippen LogP contribution >= 0.6 is 0 Å². The van der Waals surface area contributed by atoms with Crippen molar-refractivity contribution in [1.29, 1.82) is 0 Å². The molecule has 3 aliphatic rings. The maximum atomic E-state index is 13.9. The average Bonchev–Trinajstić information content (AvgIpc) is 3.45. The number of rotatable bonds is 4. The lowest BCUT2D eigenvalue weighted by Crippen LogP contribution is -2.45. The van der Waals surface area contributed by atoms with Crippen molar-refractivity contribution in [3.05, 3.63) is 78.1 Å². The summed E-state index contributed by atoms with van der Waals surface area (Å²) in [4.78, 5) is 22.3. The third-order valence-electron chi connectivity index (χ3n) is 6.23. The number of pyridine rings is 1. The van der Waals surface area contributed by atoms with Crippen LogP contribution in [0.1, 0.15) is 17.7 Å². The first-order valence-electron chi connectivity index (χ1n) is 10.8. The van der Waals surface area contributed by atoms with E-state index in [-0.39, 0.29) is 24.8 Å². The van der Waals surface area contributed by atoms with Gasteiger partial charge < -0.3 is 19.1 Å². The van der Waals surface area contributed by atoms with Crippen LogP contribution in [0.4, 0.5) is 5.69 Å². The summed E-state index contributed by atoms with van der Waals surface area (Å²) in [6.45, 7) is 1.98. The number of ether oxygens (including phenoxy) is 3. The molecule has 4 heterocycles. The lowest BCUT2D eigenvalue weighted by Gasteiger charge is -2.31. The van der Waals surface area contributed by atoms with Crippen LogP contribution in [-0.4, -0.2) is 41.3 Å². The van der Waals surface area contributed by atoms with Crippen molar-refractivity contribution >= 4 is 11.6 Å².